The van der Waals surface area contributed by atoms with Gasteiger partial charge in [-0.25, -0.2) is 4.79 Å². The van der Waals surface area contributed by atoms with E-state index in [0.29, 0.717) is 0 Å². The molecule has 0 saturated carbocycles. The molecule has 25 heavy (non-hydrogen) atoms. The quantitative estimate of drug-likeness (QED) is 0.324. The maximum absolute atomic E-state index is 11.4. The van der Waals surface area contributed by atoms with E-state index in [1.54, 1.807) is 6.08 Å². The second-order valence-corrected chi connectivity index (χ2v) is 5.99. The van der Waals surface area contributed by atoms with E-state index in [0.717, 1.165) is 24.3 Å². The van der Waals surface area contributed by atoms with Crippen LogP contribution in [0.15, 0.2) is 30.3 Å². The molecule has 5 heteroatoms. The van der Waals surface area contributed by atoms with Gasteiger partial charge in [0.25, 0.3) is 0 Å². The van der Waals surface area contributed by atoms with E-state index in [9.17, 15) is 4.79 Å². The van der Waals surface area contributed by atoms with Crippen LogP contribution in [0.4, 0.5) is 0 Å². The Bertz CT molecular complexity index is 495. The first-order valence-corrected chi connectivity index (χ1v) is 9.02. The lowest BCUT2D eigenvalue weighted by Gasteiger charge is -2.07. The van der Waals surface area contributed by atoms with Crippen molar-refractivity contribution in [3.8, 4) is 5.75 Å². The molecule has 0 fully saturated rings. The topological polar surface area (TPSA) is 76.0 Å². The van der Waals surface area contributed by atoms with Gasteiger partial charge in [0, 0.05) is 6.08 Å². The van der Waals surface area contributed by atoms with Crippen molar-refractivity contribution in [2.45, 2.75) is 51.6 Å². The Morgan fingerprint density at radius 1 is 1.12 bits per heavy atom. The Balaban J connectivity index is 2.24. The van der Waals surface area contributed by atoms with Crippen molar-refractivity contribution < 1.29 is 24.5 Å². The van der Waals surface area contributed by atoms with Gasteiger partial charge >= 0.3 is 5.97 Å². The zero-order chi connectivity index (χ0) is 18.3. The largest absolute Gasteiger partial charge is 0.494 e. The van der Waals surface area contributed by atoms with Gasteiger partial charge in [0.1, 0.15) is 18.5 Å². The Labute approximate surface area is 150 Å². The van der Waals surface area contributed by atoms with Crippen LogP contribution in [0.2, 0.25) is 0 Å². The minimum absolute atomic E-state index is 0.217. The van der Waals surface area contributed by atoms with Gasteiger partial charge in [-0.05, 0) is 30.2 Å². The fraction of sp³-hybridized carbons (Fsp3) is 0.550. The Kier molecular flexibility index (Phi) is 11.4. The summed E-state index contributed by atoms with van der Waals surface area (Å²) in [6, 6.07) is 7.47. The molecule has 0 heterocycles. The smallest absolute Gasteiger partial charge is 0.330 e. The third-order valence-corrected chi connectivity index (χ3v) is 3.69. The summed E-state index contributed by atoms with van der Waals surface area (Å²) < 4.78 is 10.5. The second kappa shape index (κ2) is 13.4. The minimum atomic E-state index is -1.04. The summed E-state index contributed by atoms with van der Waals surface area (Å²) in [4.78, 5) is 11.4. The molecule has 0 amide bonds. The van der Waals surface area contributed by atoms with E-state index in [2.05, 4.69) is 6.92 Å². The van der Waals surface area contributed by atoms with E-state index in [1.165, 1.54) is 38.2 Å². The lowest BCUT2D eigenvalue weighted by atomic mass is 10.1. The number of carbonyl (C=O) groups is 1. The minimum Gasteiger partial charge on any atom is -0.494 e. The highest BCUT2D eigenvalue weighted by molar-refractivity contribution is 5.87. The lowest BCUT2D eigenvalue weighted by Crippen LogP contribution is -2.21. The highest BCUT2D eigenvalue weighted by atomic mass is 16.5. The molecule has 0 bridgehead atoms. The van der Waals surface area contributed by atoms with Crippen molar-refractivity contribution in [2.24, 2.45) is 0 Å². The molecule has 1 atom stereocenters. The predicted molar refractivity (Wildman–Crippen MR) is 98.4 cm³/mol. The fourth-order valence-corrected chi connectivity index (χ4v) is 2.19. The molecule has 0 spiro atoms. The molecule has 140 valence electrons. The maximum atomic E-state index is 11.4. The van der Waals surface area contributed by atoms with E-state index in [-0.39, 0.29) is 6.61 Å². The number of carbonyl (C=O) groups excluding carboxylic acids is 1. The number of ether oxygens (including phenoxy) is 2. The summed E-state index contributed by atoms with van der Waals surface area (Å²) in [5.41, 5.74) is 0.853. The van der Waals surface area contributed by atoms with Crippen molar-refractivity contribution >= 4 is 12.0 Å². The van der Waals surface area contributed by atoms with Crippen molar-refractivity contribution in [2.75, 3.05) is 19.8 Å². The average molecular weight is 350 g/mol. The highest BCUT2D eigenvalue weighted by Gasteiger charge is 2.04. The van der Waals surface area contributed by atoms with Crippen LogP contribution in [-0.2, 0) is 9.53 Å². The van der Waals surface area contributed by atoms with Gasteiger partial charge in [-0.15, -0.1) is 0 Å². The van der Waals surface area contributed by atoms with Gasteiger partial charge in [-0.2, -0.15) is 0 Å². The predicted octanol–water partition coefficient (Wildman–Crippen LogP) is 3.34. The van der Waals surface area contributed by atoms with Crippen molar-refractivity contribution in [1.82, 2.24) is 0 Å². The molecule has 0 aliphatic heterocycles. The molecule has 0 aliphatic carbocycles. The molecule has 0 aliphatic rings. The van der Waals surface area contributed by atoms with Crippen LogP contribution in [-0.4, -0.2) is 42.1 Å². The molecule has 2 N–H and O–H groups in total. The normalized spacial score (nSPS) is 12.3. The molecular weight excluding hydrogens is 320 g/mol. The summed E-state index contributed by atoms with van der Waals surface area (Å²) in [6.45, 7) is 2.29. The van der Waals surface area contributed by atoms with Gasteiger partial charge < -0.3 is 19.7 Å². The lowest BCUT2D eigenvalue weighted by molar-refractivity contribution is -0.141. The van der Waals surface area contributed by atoms with Crippen LogP contribution >= 0.6 is 0 Å². The van der Waals surface area contributed by atoms with Gasteiger partial charge in [0.2, 0.25) is 0 Å². The number of unbranched alkanes of at least 4 members (excludes halogenated alkanes) is 5. The summed E-state index contributed by atoms with van der Waals surface area (Å²) in [6.07, 6.45) is 9.29. The van der Waals surface area contributed by atoms with Crippen LogP contribution in [0.25, 0.3) is 6.08 Å². The Morgan fingerprint density at radius 3 is 2.48 bits per heavy atom. The number of benzene rings is 1. The SMILES string of the molecule is CCCCCCCCOc1ccc(/C=C/C(=O)OC[C@H](O)CO)cc1. The molecule has 0 unspecified atom stereocenters. The first-order chi connectivity index (χ1) is 12.2. The van der Waals surface area contributed by atoms with Crippen molar-refractivity contribution in [1.29, 1.82) is 0 Å². The van der Waals surface area contributed by atoms with E-state index < -0.39 is 18.7 Å². The van der Waals surface area contributed by atoms with Gasteiger partial charge in [-0.1, -0.05) is 51.2 Å². The third kappa shape index (κ3) is 10.6. The molecule has 1 aromatic rings. The molecule has 1 aromatic carbocycles. The molecule has 1 rings (SSSR count). The summed E-state index contributed by atoms with van der Waals surface area (Å²) in [5.74, 6) is 0.259. The van der Waals surface area contributed by atoms with E-state index in [4.69, 9.17) is 19.7 Å². The van der Waals surface area contributed by atoms with Crippen LogP contribution in [0, 0.1) is 0 Å². The standard InChI is InChI=1S/C20H30O5/c1-2-3-4-5-6-7-14-24-19-11-8-17(9-12-19)10-13-20(23)25-16-18(22)15-21/h8-13,18,21-22H,2-7,14-16H2,1H3/b13-10+/t18-/m1/s1. The summed E-state index contributed by atoms with van der Waals surface area (Å²) in [5, 5.41) is 17.7. The third-order valence-electron chi connectivity index (χ3n) is 3.69. The molecule has 5 nitrogen and oxygen atoms in total. The summed E-state index contributed by atoms with van der Waals surface area (Å²) >= 11 is 0. The zero-order valence-electron chi connectivity index (χ0n) is 15.0. The van der Waals surface area contributed by atoms with Crippen LogP contribution < -0.4 is 4.74 Å². The first kappa shape index (κ1) is 21.2. The molecule has 0 saturated heterocycles. The monoisotopic (exact) mass is 350 g/mol. The molecular formula is C20H30O5. The number of hydrogen-bond donors (Lipinski definition) is 2. The second-order valence-electron chi connectivity index (χ2n) is 5.99. The number of aliphatic hydroxyl groups is 2. The van der Waals surface area contributed by atoms with E-state index in [1.807, 2.05) is 24.3 Å². The van der Waals surface area contributed by atoms with E-state index >= 15 is 0 Å². The van der Waals surface area contributed by atoms with Gasteiger partial charge in [-0.3, -0.25) is 0 Å². The number of hydrogen-bond acceptors (Lipinski definition) is 5. The number of rotatable bonds is 13. The highest BCUT2D eigenvalue weighted by Crippen LogP contribution is 2.14. The molecule has 0 radical (unpaired) electrons. The first-order valence-electron chi connectivity index (χ1n) is 9.02. The molecule has 0 aromatic heterocycles. The van der Waals surface area contributed by atoms with Crippen LogP contribution in [0.3, 0.4) is 0 Å². The Morgan fingerprint density at radius 2 is 1.80 bits per heavy atom. The number of aliphatic hydroxyl groups excluding tert-OH is 2. The van der Waals surface area contributed by atoms with Crippen molar-refractivity contribution in [3.05, 3.63) is 35.9 Å². The summed E-state index contributed by atoms with van der Waals surface area (Å²) in [7, 11) is 0. The average Bonchev–Trinajstić information content (AvgIpc) is 2.64. The zero-order valence-corrected chi connectivity index (χ0v) is 15.0. The fourth-order valence-electron chi connectivity index (χ4n) is 2.19. The number of esters is 1. The maximum Gasteiger partial charge on any atom is 0.330 e. The van der Waals surface area contributed by atoms with Crippen LogP contribution in [0.5, 0.6) is 5.75 Å². The van der Waals surface area contributed by atoms with Crippen molar-refractivity contribution in [3.63, 3.8) is 0 Å². The Hall–Kier alpha value is -1.85. The van der Waals surface area contributed by atoms with Gasteiger partial charge in [0.15, 0.2) is 0 Å². The van der Waals surface area contributed by atoms with Gasteiger partial charge in [0.05, 0.1) is 13.2 Å². The van der Waals surface area contributed by atoms with Crippen LogP contribution in [0.1, 0.15) is 51.0 Å².